The molecule has 3 rings (SSSR count). The average Bonchev–Trinajstić information content (AvgIpc) is 2.62. The Morgan fingerprint density at radius 1 is 1.27 bits per heavy atom. The van der Waals surface area contributed by atoms with E-state index in [-0.39, 0.29) is 36.8 Å². The van der Waals surface area contributed by atoms with Crippen molar-refractivity contribution < 1.29 is 9.53 Å². The van der Waals surface area contributed by atoms with Crippen LogP contribution in [0, 0.1) is 5.92 Å². The van der Waals surface area contributed by atoms with E-state index in [1.165, 1.54) is 0 Å². The zero-order valence-corrected chi connectivity index (χ0v) is 16.3. The molecule has 7 heteroatoms. The highest BCUT2D eigenvalue weighted by atomic mass is 35.5. The zero-order valence-electron chi connectivity index (χ0n) is 14.7. The second-order valence-electron chi connectivity index (χ2n) is 6.30. The second kappa shape index (κ2) is 10.4. The van der Waals surface area contributed by atoms with Crippen LogP contribution in [0.15, 0.2) is 48.8 Å². The number of aromatic nitrogens is 1. The first kappa shape index (κ1) is 22.2. The summed E-state index contributed by atoms with van der Waals surface area (Å²) in [5, 5.41) is 0. The average molecular weight is 398 g/mol. The molecule has 2 unspecified atom stereocenters. The normalized spacial score (nSPS) is 17.5. The summed E-state index contributed by atoms with van der Waals surface area (Å²) in [5.41, 5.74) is 6.61. The SMILES string of the molecule is CC(N)C1CCCN(C(=O)c2ccccc2Oc2cccnc2)C1.Cl.Cl. The van der Waals surface area contributed by atoms with E-state index in [4.69, 9.17) is 10.5 Å². The molecule has 1 aliphatic heterocycles. The summed E-state index contributed by atoms with van der Waals surface area (Å²) < 4.78 is 5.86. The maximum Gasteiger partial charge on any atom is 0.257 e. The minimum atomic E-state index is -0.000148. The number of likely N-dealkylation sites (tertiary alicyclic amines) is 1. The molecule has 1 aromatic heterocycles. The molecule has 1 fully saturated rings. The van der Waals surface area contributed by atoms with Gasteiger partial charge in [0, 0.05) is 25.3 Å². The lowest BCUT2D eigenvalue weighted by molar-refractivity contribution is 0.0658. The number of hydrogen-bond acceptors (Lipinski definition) is 4. The monoisotopic (exact) mass is 397 g/mol. The Morgan fingerprint density at radius 3 is 2.73 bits per heavy atom. The van der Waals surface area contributed by atoms with Crippen LogP contribution >= 0.6 is 24.8 Å². The number of hydrogen-bond donors (Lipinski definition) is 1. The number of nitrogens with zero attached hydrogens (tertiary/aromatic N) is 2. The number of amides is 1. The minimum Gasteiger partial charge on any atom is -0.455 e. The minimum absolute atomic E-state index is 0. The first-order valence-corrected chi connectivity index (χ1v) is 8.37. The van der Waals surface area contributed by atoms with Crippen LogP contribution in [-0.4, -0.2) is 34.9 Å². The Labute approximate surface area is 166 Å². The molecule has 2 aromatic rings. The van der Waals surface area contributed by atoms with Gasteiger partial charge in [-0.3, -0.25) is 9.78 Å². The summed E-state index contributed by atoms with van der Waals surface area (Å²) in [7, 11) is 0. The highest BCUT2D eigenvalue weighted by Crippen LogP contribution is 2.27. The Kier molecular flexibility index (Phi) is 8.85. The Balaban J connectivity index is 0.00000169. The van der Waals surface area contributed by atoms with E-state index >= 15 is 0 Å². The van der Waals surface area contributed by atoms with E-state index in [1.807, 2.05) is 42.2 Å². The number of pyridine rings is 1. The van der Waals surface area contributed by atoms with Crippen molar-refractivity contribution >= 4 is 30.7 Å². The quantitative estimate of drug-likeness (QED) is 0.848. The molecule has 1 amide bonds. The summed E-state index contributed by atoms with van der Waals surface area (Å²) in [4.78, 5) is 18.9. The Bertz CT molecular complexity index is 698. The molecular weight excluding hydrogens is 373 g/mol. The van der Waals surface area contributed by atoms with Crippen LogP contribution in [0.2, 0.25) is 0 Å². The highest BCUT2D eigenvalue weighted by molar-refractivity contribution is 5.97. The molecule has 0 bridgehead atoms. The maximum absolute atomic E-state index is 13.0. The van der Waals surface area contributed by atoms with E-state index < -0.39 is 0 Å². The van der Waals surface area contributed by atoms with Crippen molar-refractivity contribution in [2.24, 2.45) is 11.7 Å². The molecule has 5 nitrogen and oxygen atoms in total. The van der Waals surface area contributed by atoms with Crippen LogP contribution in [0.4, 0.5) is 0 Å². The summed E-state index contributed by atoms with van der Waals surface area (Å²) in [6.07, 6.45) is 5.39. The lowest BCUT2D eigenvalue weighted by Crippen LogP contribution is -2.45. The lowest BCUT2D eigenvalue weighted by atomic mass is 9.92. The van der Waals surface area contributed by atoms with Crippen LogP contribution < -0.4 is 10.5 Å². The predicted octanol–water partition coefficient (Wildman–Crippen LogP) is 3.92. The van der Waals surface area contributed by atoms with E-state index in [1.54, 1.807) is 18.5 Å². The van der Waals surface area contributed by atoms with Crippen LogP contribution in [0.5, 0.6) is 11.5 Å². The first-order valence-electron chi connectivity index (χ1n) is 8.37. The van der Waals surface area contributed by atoms with Crippen LogP contribution in [0.25, 0.3) is 0 Å². The number of benzene rings is 1. The molecule has 2 atom stereocenters. The van der Waals surface area contributed by atoms with Gasteiger partial charge in [-0.15, -0.1) is 24.8 Å². The number of piperidine rings is 1. The number of nitrogens with two attached hydrogens (primary N) is 1. The predicted molar refractivity (Wildman–Crippen MR) is 108 cm³/mol. The van der Waals surface area contributed by atoms with Gasteiger partial charge in [-0.25, -0.2) is 0 Å². The summed E-state index contributed by atoms with van der Waals surface area (Å²) in [5.74, 6) is 1.53. The number of rotatable bonds is 4. The van der Waals surface area contributed by atoms with Crippen molar-refractivity contribution in [3.05, 3.63) is 54.4 Å². The van der Waals surface area contributed by atoms with Gasteiger partial charge >= 0.3 is 0 Å². The Morgan fingerprint density at radius 2 is 2.04 bits per heavy atom. The summed E-state index contributed by atoms with van der Waals surface area (Å²) >= 11 is 0. The molecule has 0 spiro atoms. The fraction of sp³-hybridized carbons (Fsp3) is 0.368. The van der Waals surface area contributed by atoms with Crippen LogP contribution in [-0.2, 0) is 0 Å². The molecule has 142 valence electrons. The highest BCUT2D eigenvalue weighted by Gasteiger charge is 2.27. The molecule has 1 saturated heterocycles. The fourth-order valence-electron chi connectivity index (χ4n) is 3.06. The topological polar surface area (TPSA) is 68.5 Å². The summed E-state index contributed by atoms with van der Waals surface area (Å²) in [6, 6.07) is 11.1. The fourth-order valence-corrected chi connectivity index (χ4v) is 3.06. The Hall–Kier alpha value is -1.82. The molecular formula is C19H25Cl2N3O2. The number of carbonyl (C=O) groups excluding carboxylic acids is 1. The molecule has 26 heavy (non-hydrogen) atoms. The first-order chi connectivity index (χ1) is 11.6. The third-order valence-electron chi connectivity index (χ3n) is 4.47. The van der Waals surface area contributed by atoms with Crippen molar-refractivity contribution in [1.29, 1.82) is 0 Å². The third kappa shape index (κ3) is 5.34. The smallest absolute Gasteiger partial charge is 0.257 e. The molecule has 2 N–H and O–H groups in total. The molecule has 0 saturated carbocycles. The van der Waals surface area contributed by atoms with Crippen LogP contribution in [0.3, 0.4) is 0 Å². The zero-order chi connectivity index (χ0) is 16.9. The van der Waals surface area contributed by atoms with Gasteiger partial charge in [0.05, 0.1) is 11.8 Å². The van der Waals surface area contributed by atoms with Gasteiger partial charge in [-0.05, 0) is 49.9 Å². The molecule has 0 radical (unpaired) electrons. The number of ether oxygens (including phenoxy) is 1. The second-order valence-corrected chi connectivity index (χ2v) is 6.30. The van der Waals surface area contributed by atoms with Gasteiger partial charge in [0.1, 0.15) is 11.5 Å². The largest absolute Gasteiger partial charge is 0.455 e. The lowest BCUT2D eigenvalue weighted by Gasteiger charge is -2.34. The van der Waals surface area contributed by atoms with Crippen molar-refractivity contribution in [2.75, 3.05) is 13.1 Å². The number of para-hydroxylation sites is 1. The maximum atomic E-state index is 13.0. The van der Waals surface area contributed by atoms with Crippen molar-refractivity contribution in [3.63, 3.8) is 0 Å². The van der Waals surface area contributed by atoms with Crippen molar-refractivity contribution in [2.45, 2.75) is 25.8 Å². The van der Waals surface area contributed by atoms with E-state index in [0.29, 0.717) is 29.5 Å². The van der Waals surface area contributed by atoms with Gasteiger partial charge in [-0.2, -0.15) is 0 Å². The van der Waals surface area contributed by atoms with Gasteiger partial charge in [0.2, 0.25) is 0 Å². The van der Waals surface area contributed by atoms with Gasteiger partial charge in [-0.1, -0.05) is 12.1 Å². The molecule has 1 aliphatic rings. The van der Waals surface area contributed by atoms with E-state index in [9.17, 15) is 4.79 Å². The van der Waals surface area contributed by atoms with Gasteiger partial charge in [0.15, 0.2) is 0 Å². The third-order valence-corrected chi connectivity index (χ3v) is 4.47. The van der Waals surface area contributed by atoms with Crippen LogP contribution in [0.1, 0.15) is 30.1 Å². The molecule has 1 aromatic carbocycles. The number of halogens is 2. The van der Waals surface area contributed by atoms with Gasteiger partial charge < -0.3 is 15.4 Å². The van der Waals surface area contributed by atoms with E-state index in [0.717, 1.165) is 19.4 Å². The molecule has 2 heterocycles. The number of carbonyl (C=O) groups is 1. The van der Waals surface area contributed by atoms with Gasteiger partial charge in [0.25, 0.3) is 5.91 Å². The summed E-state index contributed by atoms with van der Waals surface area (Å²) in [6.45, 7) is 3.49. The van der Waals surface area contributed by atoms with Crippen molar-refractivity contribution in [3.8, 4) is 11.5 Å². The van der Waals surface area contributed by atoms with Crippen molar-refractivity contribution in [1.82, 2.24) is 9.88 Å². The standard InChI is InChI=1S/C19H23N3O2.2ClH/c1-14(20)15-6-5-11-22(13-15)19(23)17-8-2-3-9-18(17)24-16-7-4-10-21-12-16;;/h2-4,7-10,12,14-15H,5-6,11,13,20H2,1H3;2*1H. The van der Waals surface area contributed by atoms with E-state index in [2.05, 4.69) is 4.98 Å². The molecule has 0 aliphatic carbocycles.